The second-order valence-corrected chi connectivity index (χ2v) is 25.4. The Morgan fingerprint density at radius 2 is 0.850 bits per heavy atom. The van der Waals surface area contributed by atoms with E-state index in [0.717, 1.165) is 48.4 Å². The molecule has 0 aliphatic carbocycles. The molecule has 6 heterocycles. The number of ether oxygens (including phenoxy) is 2. The molecule has 26 heteroatoms. The Kier molecular flexibility index (Phi) is 21.0. The molecule has 0 unspecified atom stereocenters. The molecule has 6 aromatic carbocycles. The minimum Gasteiger partial charge on any atom is -0.497 e. The van der Waals surface area contributed by atoms with E-state index in [4.69, 9.17) is 9.47 Å². The second-order valence-electron chi connectivity index (χ2n) is 25.4. The lowest BCUT2D eigenvalue weighted by molar-refractivity contribution is -0.142. The van der Waals surface area contributed by atoms with Crippen LogP contribution in [0.5, 0.6) is 11.5 Å². The molecule has 20 nitrogen and oxygen atoms in total. The quantitative estimate of drug-likeness (QED) is 0.0742. The van der Waals surface area contributed by atoms with Crippen LogP contribution in [0.2, 0.25) is 0 Å². The van der Waals surface area contributed by atoms with Crippen LogP contribution in [0.25, 0.3) is 11.4 Å². The number of anilines is 2. The monoisotopic (exact) mass is 1380 g/mol. The lowest BCUT2D eigenvalue weighted by Crippen LogP contribution is -2.42. The summed E-state index contributed by atoms with van der Waals surface area (Å²) in [6.07, 6.45) is -8.46. The van der Waals surface area contributed by atoms with Crippen LogP contribution in [0.4, 0.5) is 37.7 Å². The van der Waals surface area contributed by atoms with Crippen molar-refractivity contribution in [2.45, 2.75) is 77.1 Å². The SMILES string of the molecule is CCN(C(=O)c1cc(OC)ccc1-n1nc(C(F)(F)F)c2c1C(=O)N(c1ccc(C(=O)N(C)C)cc1)CC2)[C@@H]1CCN(Cc2ccccc2)C1.CCN(C(=O)c1cc(OC)ccc1-n1nc(C(F)(F)F)c2c1C(=O)N(c1ccc(C(=O)N(C)C)cc1)CC2)[C@H]1CCN(Cc2ccccc2)C1. The number of hydrogen-bond acceptors (Lipinski definition) is 12. The van der Waals surface area contributed by atoms with Gasteiger partial charge in [0.25, 0.3) is 35.4 Å². The summed E-state index contributed by atoms with van der Waals surface area (Å²) < 4.78 is 99.6. The minimum atomic E-state index is -4.84. The van der Waals surface area contributed by atoms with E-state index in [1.165, 1.54) is 81.3 Å². The molecular weight excluding hydrogens is 1300 g/mol. The van der Waals surface area contributed by atoms with Gasteiger partial charge in [-0.3, -0.25) is 38.6 Å². The van der Waals surface area contributed by atoms with E-state index in [1.807, 2.05) is 50.2 Å². The zero-order valence-corrected chi connectivity index (χ0v) is 56.8. The number of methoxy groups -OCH3 is 2. The summed E-state index contributed by atoms with van der Waals surface area (Å²) in [6.45, 7) is 8.72. The first-order chi connectivity index (χ1) is 47.8. The van der Waals surface area contributed by atoms with Crippen LogP contribution in [0, 0.1) is 0 Å². The number of fused-ring (bicyclic) bond motifs is 2. The predicted molar refractivity (Wildman–Crippen MR) is 364 cm³/mol. The van der Waals surface area contributed by atoms with Crippen LogP contribution in [-0.2, 0) is 38.3 Å². The average molecular weight is 1380 g/mol. The number of benzene rings is 6. The molecule has 0 spiro atoms. The largest absolute Gasteiger partial charge is 0.497 e. The maximum absolute atomic E-state index is 14.5. The fraction of sp³-hybridized carbons (Fsp3) is 0.351. The van der Waals surface area contributed by atoms with Crippen LogP contribution in [-0.4, -0.2) is 191 Å². The maximum atomic E-state index is 14.5. The number of likely N-dealkylation sites (tertiary alicyclic amines) is 2. The third-order valence-corrected chi connectivity index (χ3v) is 18.6. The van der Waals surface area contributed by atoms with Gasteiger partial charge in [-0.05, 0) is 136 Å². The number of halogens is 6. The first kappa shape index (κ1) is 71.0. The molecular formula is C74H78F6N12O8. The summed E-state index contributed by atoms with van der Waals surface area (Å²) in [4.78, 5) is 95.6. The summed E-state index contributed by atoms with van der Waals surface area (Å²) in [7, 11) is 9.37. The van der Waals surface area contributed by atoms with Crippen molar-refractivity contribution in [3.8, 4) is 22.9 Å². The van der Waals surface area contributed by atoms with Crippen LogP contribution in [0.3, 0.4) is 0 Å². The number of aromatic nitrogens is 4. The van der Waals surface area contributed by atoms with Crippen LogP contribution >= 0.6 is 0 Å². The number of nitrogens with zero attached hydrogens (tertiary/aromatic N) is 12. The van der Waals surface area contributed by atoms with Gasteiger partial charge in [0, 0.05) is 139 Å². The fourth-order valence-corrected chi connectivity index (χ4v) is 13.6. The number of hydrogen-bond donors (Lipinski definition) is 0. The molecule has 4 aliphatic rings. The molecule has 12 rings (SSSR count). The average Bonchev–Trinajstić information content (AvgIpc) is 1.58. The Morgan fingerprint density at radius 1 is 0.490 bits per heavy atom. The summed E-state index contributed by atoms with van der Waals surface area (Å²) in [5.74, 6) is -1.97. The van der Waals surface area contributed by atoms with E-state index >= 15 is 0 Å². The number of likely N-dealkylation sites (N-methyl/N-ethyl adjacent to an activating group) is 2. The molecule has 0 saturated carbocycles. The number of alkyl halides is 6. The van der Waals surface area contributed by atoms with E-state index < -0.39 is 47.4 Å². The van der Waals surface area contributed by atoms with Gasteiger partial charge >= 0.3 is 12.4 Å². The predicted octanol–water partition coefficient (Wildman–Crippen LogP) is 11.1. The Labute approximate surface area is 575 Å². The van der Waals surface area contributed by atoms with E-state index in [-0.39, 0.29) is 94.8 Å². The first-order valence-corrected chi connectivity index (χ1v) is 33.0. The normalized spacial score (nSPS) is 16.3. The van der Waals surface area contributed by atoms with Gasteiger partial charge < -0.3 is 38.9 Å². The lowest BCUT2D eigenvalue weighted by atomic mass is 10.0. The lowest BCUT2D eigenvalue weighted by Gasteiger charge is -2.30. The van der Waals surface area contributed by atoms with Gasteiger partial charge in [-0.25, -0.2) is 9.36 Å². The molecule has 2 saturated heterocycles. The Hall–Kier alpha value is -10.3. The Balaban J connectivity index is 0.000000202. The number of amides is 6. The van der Waals surface area contributed by atoms with Crippen LogP contribution < -0.4 is 19.3 Å². The van der Waals surface area contributed by atoms with Gasteiger partial charge in [-0.2, -0.15) is 36.5 Å². The molecule has 100 heavy (non-hydrogen) atoms. The molecule has 0 radical (unpaired) electrons. The third-order valence-electron chi connectivity index (χ3n) is 18.6. The molecule has 0 N–H and O–H groups in total. The second kappa shape index (κ2) is 29.6. The highest BCUT2D eigenvalue weighted by molar-refractivity contribution is 6.10. The molecule has 6 amide bonds. The molecule has 2 fully saturated rings. The van der Waals surface area contributed by atoms with Crippen molar-refractivity contribution in [3.05, 3.63) is 213 Å². The van der Waals surface area contributed by atoms with E-state index in [0.29, 0.717) is 60.2 Å². The topological polar surface area (TPSA) is 182 Å². The van der Waals surface area contributed by atoms with Crippen LogP contribution in [0.15, 0.2) is 146 Å². The van der Waals surface area contributed by atoms with Gasteiger partial charge in [0.15, 0.2) is 11.4 Å². The molecule has 2 aromatic heterocycles. The van der Waals surface area contributed by atoms with Crippen molar-refractivity contribution in [2.75, 3.05) is 105 Å². The van der Waals surface area contributed by atoms with Crippen molar-refractivity contribution >= 4 is 46.8 Å². The van der Waals surface area contributed by atoms with Crippen LogP contribution in [0.1, 0.15) is 123 Å². The van der Waals surface area contributed by atoms with Crippen molar-refractivity contribution in [3.63, 3.8) is 0 Å². The fourth-order valence-electron chi connectivity index (χ4n) is 13.6. The van der Waals surface area contributed by atoms with Gasteiger partial charge in [0.2, 0.25) is 0 Å². The van der Waals surface area contributed by atoms with Crippen molar-refractivity contribution in [1.29, 1.82) is 0 Å². The molecule has 8 aromatic rings. The van der Waals surface area contributed by atoms with Gasteiger partial charge in [0.05, 0.1) is 36.7 Å². The number of rotatable bonds is 18. The number of carbonyl (C=O) groups excluding carboxylic acids is 6. The third kappa shape index (κ3) is 14.7. The summed E-state index contributed by atoms with van der Waals surface area (Å²) in [5, 5.41) is 7.97. The van der Waals surface area contributed by atoms with Gasteiger partial charge in [-0.1, -0.05) is 60.7 Å². The Morgan fingerprint density at radius 3 is 1.17 bits per heavy atom. The highest BCUT2D eigenvalue weighted by Crippen LogP contribution is 2.41. The highest BCUT2D eigenvalue weighted by atomic mass is 19.4. The van der Waals surface area contributed by atoms with E-state index in [1.54, 1.807) is 86.5 Å². The smallest absolute Gasteiger partial charge is 0.435 e. The molecule has 4 aliphatic heterocycles. The highest BCUT2D eigenvalue weighted by Gasteiger charge is 2.46. The molecule has 524 valence electrons. The van der Waals surface area contributed by atoms with E-state index in [9.17, 15) is 55.1 Å². The van der Waals surface area contributed by atoms with Gasteiger partial charge in [0.1, 0.15) is 22.9 Å². The van der Waals surface area contributed by atoms with Gasteiger partial charge in [-0.15, -0.1) is 0 Å². The maximum Gasteiger partial charge on any atom is 0.435 e. The summed E-state index contributed by atoms with van der Waals surface area (Å²) >= 11 is 0. The summed E-state index contributed by atoms with van der Waals surface area (Å²) in [6, 6.07) is 41.5. The first-order valence-electron chi connectivity index (χ1n) is 33.0. The van der Waals surface area contributed by atoms with Crippen molar-refractivity contribution in [1.82, 2.24) is 49.0 Å². The Bertz CT molecular complexity index is 4060. The summed E-state index contributed by atoms with van der Waals surface area (Å²) in [5.41, 5.74) is 0.877. The minimum absolute atomic E-state index is 0.0270. The number of carbonyl (C=O) groups is 6. The van der Waals surface area contributed by atoms with Crippen molar-refractivity contribution < 1.29 is 64.6 Å². The van der Waals surface area contributed by atoms with Crippen molar-refractivity contribution in [2.24, 2.45) is 0 Å². The van der Waals surface area contributed by atoms with E-state index in [2.05, 4.69) is 44.3 Å². The zero-order valence-electron chi connectivity index (χ0n) is 56.8. The standard InChI is InChI=1S/2C37H39F3N6O4/c2*1-5-44(27-17-19-43(23-27)22-24-9-7-6-8-10-24)35(48)30-21-28(50-4)15-16-31(30)46-32-29(33(41-46)37(38,39)40)18-20-45(36(32)49)26-13-11-25(12-14-26)34(47)42(2)3/h2*6-16,21,27H,5,17-20,22-23H2,1-4H3/t2*27-/m10/s1. The molecule has 2 atom stereocenters. The molecule has 0 bridgehead atoms. The zero-order chi connectivity index (χ0) is 71.5.